The fraction of sp³-hybridized carbons (Fsp3) is 1.00. The average molecular weight is 240 g/mol. The Labute approximate surface area is 108 Å². The molecule has 0 radical (unpaired) electrons. The van der Waals surface area contributed by atoms with Gasteiger partial charge < -0.3 is 5.32 Å². The van der Waals surface area contributed by atoms with Gasteiger partial charge in [-0.05, 0) is 46.1 Å². The molecule has 17 heavy (non-hydrogen) atoms. The maximum absolute atomic E-state index is 3.43. The van der Waals surface area contributed by atoms with Crippen molar-refractivity contribution in [2.45, 2.75) is 77.9 Å². The second kappa shape index (κ2) is 7.38. The molecule has 0 spiro atoms. The number of rotatable bonds is 6. The molecule has 1 aliphatic rings. The Kier molecular flexibility index (Phi) is 6.50. The normalized spacial score (nSPS) is 28.6. The lowest BCUT2D eigenvalue weighted by Crippen LogP contribution is -2.50. The van der Waals surface area contributed by atoms with Crippen LogP contribution in [0.5, 0.6) is 0 Å². The minimum Gasteiger partial charge on any atom is -0.317 e. The van der Waals surface area contributed by atoms with Crippen LogP contribution in [0.1, 0.15) is 59.8 Å². The van der Waals surface area contributed by atoms with Crippen molar-refractivity contribution < 1.29 is 0 Å². The second-order valence-electron chi connectivity index (χ2n) is 6.27. The molecule has 0 saturated carbocycles. The summed E-state index contributed by atoms with van der Waals surface area (Å²) in [6, 6.07) is 2.25. The van der Waals surface area contributed by atoms with Crippen molar-refractivity contribution in [1.29, 1.82) is 0 Å². The molecule has 2 nitrogen and oxygen atoms in total. The molecule has 0 bridgehead atoms. The number of likely N-dealkylation sites (tertiary alicyclic amines) is 1. The summed E-state index contributed by atoms with van der Waals surface area (Å²) in [5, 5.41) is 3.43. The van der Waals surface area contributed by atoms with Gasteiger partial charge in [0.05, 0.1) is 0 Å². The molecule has 1 aliphatic heterocycles. The second-order valence-corrected chi connectivity index (χ2v) is 6.27. The monoisotopic (exact) mass is 240 g/mol. The Hall–Kier alpha value is -0.0800. The van der Waals surface area contributed by atoms with E-state index in [4.69, 9.17) is 0 Å². The van der Waals surface area contributed by atoms with E-state index in [2.05, 4.69) is 45.0 Å². The number of hydrogen-bond donors (Lipinski definition) is 1. The summed E-state index contributed by atoms with van der Waals surface area (Å²) >= 11 is 0. The van der Waals surface area contributed by atoms with Gasteiger partial charge in [-0.1, -0.05) is 26.7 Å². The minimum atomic E-state index is 0.740. The van der Waals surface area contributed by atoms with E-state index in [0.29, 0.717) is 0 Å². The molecule has 0 aromatic carbocycles. The van der Waals surface area contributed by atoms with Crippen molar-refractivity contribution in [3.63, 3.8) is 0 Å². The largest absolute Gasteiger partial charge is 0.317 e. The van der Waals surface area contributed by atoms with Crippen molar-refractivity contribution in [2.24, 2.45) is 5.92 Å². The van der Waals surface area contributed by atoms with Crippen LogP contribution in [0.15, 0.2) is 0 Å². The van der Waals surface area contributed by atoms with E-state index in [-0.39, 0.29) is 0 Å². The van der Waals surface area contributed by atoms with Crippen LogP contribution >= 0.6 is 0 Å². The van der Waals surface area contributed by atoms with Crippen molar-refractivity contribution in [1.82, 2.24) is 10.2 Å². The van der Waals surface area contributed by atoms with Crippen molar-refractivity contribution in [2.75, 3.05) is 13.6 Å². The number of nitrogens with zero attached hydrogens (tertiary/aromatic N) is 1. The zero-order valence-electron chi connectivity index (χ0n) is 12.5. The standard InChI is InChI=1S/C15H32N2/c1-12(2)7-6-8-13(3)17-10-9-15(16-5)11-14(17)4/h12-16H,6-11H2,1-5H3. The minimum absolute atomic E-state index is 0.740. The van der Waals surface area contributed by atoms with Crippen LogP contribution < -0.4 is 5.32 Å². The van der Waals surface area contributed by atoms with Gasteiger partial charge in [0.2, 0.25) is 0 Å². The highest BCUT2D eigenvalue weighted by Gasteiger charge is 2.27. The summed E-state index contributed by atoms with van der Waals surface area (Å²) in [6.07, 6.45) is 6.76. The molecule has 1 N–H and O–H groups in total. The smallest absolute Gasteiger partial charge is 0.00910 e. The lowest BCUT2D eigenvalue weighted by atomic mass is 9.95. The van der Waals surface area contributed by atoms with E-state index in [1.807, 2.05) is 0 Å². The molecule has 1 saturated heterocycles. The van der Waals surface area contributed by atoms with Crippen LogP contribution in [0.3, 0.4) is 0 Å². The van der Waals surface area contributed by atoms with E-state index >= 15 is 0 Å². The van der Waals surface area contributed by atoms with E-state index in [1.54, 1.807) is 0 Å². The lowest BCUT2D eigenvalue weighted by molar-refractivity contribution is 0.0913. The summed E-state index contributed by atoms with van der Waals surface area (Å²) in [4.78, 5) is 2.72. The summed E-state index contributed by atoms with van der Waals surface area (Å²) in [5.74, 6) is 0.856. The van der Waals surface area contributed by atoms with Gasteiger partial charge in [-0.2, -0.15) is 0 Å². The first-order valence-electron chi connectivity index (χ1n) is 7.47. The fourth-order valence-corrected chi connectivity index (χ4v) is 3.09. The molecule has 3 atom stereocenters. The van der Waals surface area contributed by atoms with Crippen molar-refractivity contribution >= 4 is 0 Å². The molecule has 0 aromatic heterocycles. The SMILES string of the molecule is CNC1CCN(C(C)CCCC(C)C)C(C)C1. The first-order chi connectivity index (χ1) is 8.04. The van der Waals surface area contributed by atoms with Gasteiger partial charge in [0, 0.05) is 24.7 Å². The molecule has 0 aliphatic carbocycles. The molecule has 3 unspecified atom stereocenters. The Bertz CT molecular complexity index is 203. The summed E-state index contributed by atoms with van der Waals surface area (Å²) in [6.45, 7) is 10.7. The molecule has 1 rings (SSSR count). The third kappa shape index (κ3) is 4.97. The van der Waals surface area contributed by atoms with E-state index in [0.717, 1.165) is 24.0 Å². The fourth-order valence-electron chi connectivity index (χ4n) is 3.09. The van der Waals surface area contributed by atoms with Crippen LogP contribution in [0.4, 0.5) is 0 Å². The highest BCUT2D eigenvalue weighted by Crippen LogP contribution is 2.22. The van der Waals surface area contributed by atoms with Crippen LogP contribution in [-0.4, -0.2) is 36.6 Å². The third-order valence-electron chi connectivity index (χ3n) is 4.31. The van der Waals surface area contributed by atoms with Crippen LogP contribution in [0.2, 0.25) is 0 Å². The molecular formula is C15H32N2. The van der Waals surface area contributed by atoms with Gasteiger partial charge in [0.1, 0.15) is 0 Å². The lowest BCUT2D eigenvalue weighted by Gasteiger charge is -2.41. The predicted molar refractivity (Wildman–Crippen MR) is 76.4 cm³/mol. The topological polar surface area (TPSA) is 15.3 Å². The number of piperidine rings is 1. The highest BCUT2D eigenvalue weighted by molar-refractivity contribution is 4.84. The Balaban J connectivity index is 2.29. The average Bonchev–Trinajstić information content (AvgIpc) is 2.28. The molecule has 1 heterocycles. The molecule has 102 valence electrons. The number of nitrogens with one attached hydrogen (secondary N) is 1. The molecule has 1 fully saturated rings. The van der Waals surface area contributed by atoms with Crippen molar-refractivity contribution in [3.05, 3.63) is 0 Å². The van der Waals surface area contributed by atoms with E-state index in [1.165, 1.54) is 38.6 Å². The molecule has 2 heteroatoms. The Morgan fingerprint density at radius 3 is 2.47 bits per heavy atom. The van der Waals surface area contributed by atoms with Gasteiger partial charge in [-0.25, -0.2) is 0 Å². The van der Waals surface area contributed by atoms with Crippen LogP contribution in [0.25, 0.3) is 0 Å². The summed E-state index contributed by atoms with van der Waals surface area (Å²) in [7, 11) is 2.10. The molecule has 0 aromatic rings. The quantitative estimate of drug-likeness (QED) is 0.766. The zero-order valence-corrected chi connectivity index (χ0v) is 12.5. The van der Waals surface area contributed by atoms with Gasteiger partial charge in [0.15, 0.2) is 0 Å². The molecular weight excluding hydrogens is 208 g/mol. The van der Waals surface area contributed by atoms with Crippen LogP contribution in [0, 0.1) is 5.92 Å². The maximum Gasteiger partial charge on any atom is 0.00910 e. The van der Waals surface area contributed by atoms with Crippen LogP contribution in [-0.2, 0) is 0 Å². The summed E-state index contributed by atoms with van der Waals surface area (Å²) in [5.41, 5.74) is 0. The zero-order chi connectivity index (χ0) is 12.8. The maximum atomic E-state index is 3.43. The summed E-state index contributed by atoms with van der Waals surface area (Å²) < 4.78 is 0. The molecule has 0 amide bonds. The van der Waals surface area contributed by atoms with Gasteiger partial charge in [-0.15, -0.1) is 0 Å². The highest BCUT2D eigenvalue weighted by atomic mass is 15.2. The van der Waals surface area contributed by atoms with E-state index in [9.17, 15) is 0 Å². The predicted octanol–water partition coefficient (Wildman–Crippen LogP) is 3.27. The number of hydrogen-bond acceptors (Lipinski definition) is 2. The van der Waals surface area contributed by atoms with Gasteiger partial charge in [-0.3, -0.25) is 4.90 Å². The van der Waals surface area contributed by atoms with Gasteiger partial charge in [0.25, 0.3) is 0 Å². The third-order valence-corrected chi connectivity index (χ3v) is 4.31. The Morgan fingerprint density at radius 1 is 1.24 bits per heavy atom. The van der Waals surface area contributed by atoms with Gasteiger partial charge >= 0.3 is 0 Å². The van der Waals surface area contributed by atoms with Crippen molar-refractivity contribution in [3.8, 4) is 0 Å². The first kappa shape index (κ1) is 15.0. The Morgan fingerprint density at radius 2 is 1.94 bits per heavy atom. The van der Waals surface area contributed by atoms with E-state index < -0.39 is 0 Å². The first-order valence-corrected chi connectivity index (χ1v) is 7.47.